The zero-order valence-corrected chi connectivity index (χ0v) is 7.78. The molecule has 0 aliphatic heterocycles. The van der Waals surface area contributed by atoms with Crippen LogP contribution in [0.3, 0.4) is 0 Å². The molecule has 1 heteroatoms. The monoisotopic (exact) mass is 143 g/mol. The van der Waals surface area contributed by atoms with Crippen LogP contribution in [-0.2, 0) is 0 Å². The molecule has 0 aromatic heterocycles. The molecule has 0 heterocycles. The van der Waals surface area contributed by atoms with Crippen molar-refractivity contribution in [2.24, 2.45) is 11.7 Å². The van der Waals surface area contributed by atoms with E-state index in [0.29, 0.717) is 5.92 Å². The van der Waals surface area contributed by atoms with E-state index in [0.717, 1.165) is 6.42 Å². The summed E-state index contributed by atoms with van der Waals surface area (Å²) in [6, 6.07) is 0. The van der Waals surface area contributed by atoms with Crippen molar-refractivity contribution in [2.75, 3.05) is 0 Å². The molecule has 0 saturated heterocycles. The molecule has 1 atom stereocenters. The Kier molecular flexibility index (Phi) is 3.95. The minimum atomic E-state index is 0.0516. The van der Waals surface area contributed by atoms with E-state index < -0.39 is 0 Å². The largest absolute Gasteiger partial charge is 0.325 e. The van der Waals surface area contributed by atoms with Crippen molar-refractivity contribution in [1.29, 1.82) is 0 Å². The van der Waals surface area contributed by atoms with Gasteiger partial charge in [0.05, 0.1) is 0 Å². The van der Waals surface area contributed by atoms with Gasteiger partial charge in [-0.2, -0.15) is 0 Å². The summed E-state index contributed by atoms with van der Waals surface area (Å²) in [5.41, 5.74) is 6.10. The van der Waals surface area contributed by atoms with Crippen molar-refractivity contribution in [2.45, 2.75) is 52.5 Å². The predicted octanol–water partition coefficient (Wildman–Crippen LogP) is 2.55. The standard InChI is InChI=1S/C9H21N/c1-5-6-7-9(4,10)8(2)3/h8H,5-7,10H2,1-4H3/t9-/m0/s1. The lowest BCUT2D eigenvalue weighted by atomic mass is 9.85. The molecule has 0 bridgehead atoms. The van der Waals surface area contributed by atoms with Crippen molar-refractivity contribution in [3.05, 3.63) is 0 Å². The van der Waals surface area contributed by atoms with Gasteiger partial charge in [-0.3, -0.25) is 0 Å². The Morgan fingerprint density at radius 3 is 2.20 bits per heavy atom. The van der Waals surface area contributed by atoms with Crippen molar-refractivity contribution < 1.29 is 0 Å². The maximum absolute atomic E-state index is 6.05. The van der Waals surface area contributed by atoms with E-state index >= 15 is 0 Å². The number of rotatable bonds is 4. The van der Waals surface area contributed by atoms with Gasteiger partial charge < -0.3 is 5.73 Å². The molecule has 0 saturated carbocycles. The van der Waals surface area contributed by atoms with Crippen LogP contribution in [0, 0.1) is 5.92 Å². The quantitative estimate of drug-likeness (QED) is 0.643. The second kappa shape index (κ2) is 3.97. The van der Waals surface area contributed by atoms with Crippen molar-refractivity contribution >= 4 is 0 Å². The molecule has 0 amide bonds. The van der Waals surface area contributed by atoms with Crippen molar-refractivity contribution in [3.63, 3.8) is 0 Å². The third-order valence-corrected chi connectivity index (χ3v) is 2.39. The second-order valence-electron chi connectivity index (χ2n) is 3.76. The van der Waals surface area contributed by atoms with Gasteiger partial charge in [-0.15, -0.1) is 0 Å². The summed E-state index contributed by atoms with van der Waals surface area (Å²) in [4.78, 5) is 0. The van der Waals surface area contributed by atoms with Gasteiger partial charge in [-0.1, -0.05) is 33.6 Å². The second-order valence-corrected chi connectivity index (χ2v) is 3.76. The lowest BCUT2D eigenvalue weighted by Gasteiger charge is -2.28. The Balaban J connectivity index is 3.63. The van der Waals surface area contributed by atoms with Crippen molar-refractivity contribution in [1.82, 2.24) is 0 Å². The number of hydrogen-bond acceptors (Lipinski definition) is 1. The van der Waals surface area contributed by atoms with Gasteiger partial charge in [0.2, 0.25) is 0 Å². The van der Waals surface area contributed by atoms with E-state index in [-0.39, 0.29) is 5.54 Å². The molecule has 0 aromatic rings. The molecule has 0 radical (unpaired) electrons. The fourth-order valence-corrected chi connectivity index (χ4v) is 0.846. The highest BCUT2D eigenvalue weighted by atomic mass is 14.7. The van der Waals surface area contributed by atoms with Crippen LogP contribution >= 0.6 is 0 Å². The Hall–Kier alpha value is -0.0400. The maximum Gasteiger partial charge on any atom is 0.0149 e. The third-order valence-electron chi connectivity index (χ3n) is 2.39. The van der Waals surface area contributed by atoms with Gasteiger partial charge in [0.25, 0.3) is 0 Å². The molecule has 0 aliphatic rings. The van der Waals surface area contributed by atoms with Gasteiger partial charge in [-0.25, -0.2) is 0 Å². The molecule has 0 spiro atoms. The zero-order valence-electron chi connectivity index (χ0n) is 7.78. The summed E-state index contributed by atoms with van der Waals surface area (Å²) in [6.07, 6.45) is 3.66. The Labute approximate surface area is 65.0 Å². The average Bonchev–Trinajstić information content (AvgIpc) is 1.84. The summed E-state index contributed by atoms with van der Waals surface area (Å²) in [5, 5.41) is 0. The smallest absolute Gasteiger partial charge is 0.0149 e. The maximum atomic E-state index is 6.05. The molecular formula is C9H21N. The van der Waals surface area contributed by atoms with Gasteiger partial charge in [0.15, 0.2) is 0 Å². The summed E-state index contributed by atoms with van der Waals surface area (Å²) in [5.74, 6) is 0.596. The van der Waals surface area contributed by atoms with E-state index in [4.69, 9.17) is 5.73 Å². The minimum Gasteiger partial charge on any atom is -0.325 e. The summed E-state index contributed by atoms with van der Waals surface area (Å²) >= 11 is 0. The summed E-state index contributed by atoms with van der Waals surface area (Å²) in [7, 11) is 0. The zero-order chi connectivity index (χ0) is 8.20. The van der Waals surface area contributed by atoms with E-state index in [1.165, 1.54) is 12.8 Å². The fourth-order valence-electron chi connectivity index (χ4n) is 0.846. The Morgan fingerprint density at radius 1 is 1.40 bits per heavy atom. The molecule has 0 rings (SSSR count). The molecular weight excluding hydrogens is 122 g/mol. The van der Waals surface area contributed by atoms with Crippen LogP contribution in [-0.4, -0.2) is 5.54 Å². The molecule has 0 aromatic carbocycles. The van der Waals surface area contributed by atoms with Crippen LogP contribution in [0.5, 0.6) is 0 Å². The van der Waals surface area contributed by atoms with E-state index in [9.17, 15) is 0 Å². The topological polar surface area (TPSA) is 26.0 Å². The van der Waals surface area contributed by atoms with Crippen LogP contribution in [0.4, 0.5) is 0 Å². The van der Waals surface area contributed by atoms with Crippen LogP contribution in [0.2, 0.25) is 0 Å². The summed E-state index contributed by atoms with van der Waals surface area (Å²) in [6.45, 7) is 8.73. The number of nitrogens with two attached hydrogens (primary N) is 1. The SMILES string of the molecule is CCCC[C@](C)(N)C(C)C. The lowest BCUT2D eigenvalue weighted by Crippen LogP contribution is -2.41. The van der Waals surface area contributed by atoms with Crippen molar-refractivity contribution in [3.8, 4) is 0 Å². The Morgan fingerprint density at radius 2 is 1.90 bits per heavy atom. The van der Waals surface area contributed by atoms with E-state index in [1.807, 2.05) is 0 Å². The average molecular weight is 143 g/mol. The highest BCUT2D eigenvalue weighted by Gasteiger charge is 2.21. The van der Waals surface area contributed by atoms with Crippen LogP contribution in [0.15, 0.2) is 0 Å². The summed E-state index contributed by atoms with van der Waals surface area (Å²) < 4.78 is 0. The first-order chi connectivity index (χ1) is 4.50. The highest BCUT2D eigenvalue weighted by molar-refractivity contribution is 4.81. The minimum absolute atomic E-state index is 0.0516. The number of unbranched alkanes of at least 4 members (excludes halogenated alkanes) is 1. The molecule has 10 heavy (non-hydrogen) atoms. The lowest BCUT2D eigenvalue weighted by molar-refractivity contribution is 0.309. The molecule has 0 fully saturated rings. The fraction of sp³-hybridized carbons (Fsp3) is 1.00. The van der Waals surface area contributed by atoms with Gasteiger partial charge in [-0.05, 0) is 19.3 Å². The van der Waals surface area contributed by atoms with Gasteiger partial charge in [0.1, 0.15) is 0 Å². The third kappa shape index (κ3) is 3.21. The van der Waals surface area contributed by atoms with Crippen LogP contribution in [0.25, 0.3) is 0 Å². The normalized spacial score (nSPS) is 17.4. The van der Waals surface area contributed by atoms with E-state index in [1.54, 1.807) is 0 Å². The molecule has 62 valence electrons. The predicted molar refractivity (Wildman–Crippen MR) is 47.0 cm³/mol. The first kappa shape index (κ1) is 9.96. The van der Waals surface area contributed by atoms with Crippen LogP contribution < -0.4 is 5.73 Å². The van der Waals surface area contributed by atoms with Gasteiger partial charge in [0, 0.05) is 5.54 Å². The molecule has 0 unspecified atom stereocenters. The first-order valence-corrected chi connectivity index (χ1v) is 4.29. The number of hydrogen-bond donors (Lipinski definition) is 1. The van der Waals surface area contributed by atoms with E-state index in [2.05, 4.69) is 27.7 Å². The molecule has 0 aliphatic carbocycles. The van der Waals surface area contributed by atoms with Crippen LogP contribution in [0.1, 0.15) is 47.0 Å². The molecule has 1 nitrogen and oxygen atoms in total. The Bertz CT molecular complexity index is 84.7. The van der Waals surface area contributed by atoms with Gasteiger partial charge >= 0.3 is 0 Å². The first-order valence-electron chi connectivity index (χ1n) is 4.29. The molecule has 2 N–H and O–H groups in total. The highest BCUT2D eigenvalue weighted by Crippen LogP contribution is 2.19.